The number of carbonyl (C=O) groups excluding carboxylic acids is 1. The summed E-state index contributed by atoms with van der Waals surface area (Å²) in [5.41, 5.74) is 2.80. The Kier molecular flexibility index (Phi) is 5.38. The lowest BCUT2D eigenvalue weighted by molar-refractivity contribution is -0.127. The fraction of sp³-hybridized carbons (Fsp3) is 0.409. The number of ether oxygens (including phenoxy) is 1. The van der Waals surface area contributed by atoms with Crippen LogP contribution in [0.5, 0.6) is 5.75 Å². The minimum absolute atomic E-state index is 0.0158. The quantitative estimate of drug-likeness (QED) is 0.811. The minimum atomic E-state index is -3.77. The third kappa shape index (κ3) is 3.96. The number of nitrogens with one attached hydrogen (secondary N) is 1. The molecular formula is C22H28N2O4S. The van der Waals surface area contributed by atoms with Crippen LogP contribution in [-0.2, 0) is 14.8 Å². The lowest BCUT2D eigenvalue weighted by Crippen LogP contribution is -2.42. The first-order valence-corrected chi connectivity index (χ1v) is 11.1. The zero-order valence-corrected chi connectivity index (χ0v) is 18.6. The molecule has 0 atom stereocenters. The third-order valence-corrected chi connectivity index (χ3v) is 6.79. The number of nitrogens with zero attached hydrogens (tertiary/aromatic N) is 1. The second-order valence-electron chi connectivity index (χ2n) is 8.24. The molecule has 0 aromatic heterocycles. The van der Waals surface area contributed by atoms with Crippen LogP contribution in [-0.4, -0.2) is 27.5 Å². The predicted molar refractivity (Wildman–Crippen MR) is 115 cm³/mol. The van der Waals surface area contributed by atoms with Crippen molar-refractivity contribution in [2.24, 2.45) is 5.41 Å². The Morgan fingerprint density at radius 1 is 1.10 bits per heavy atom. The highest BCUT2D eigenvalue weighted by molar-refractivity contribution is 7.92. The van der Waals surface area contributed by atoms with Gasteiger partial charge in [-0.2, -0.15) is 0 Å². The molecule has 2 aromatic carbocycles. The number of sulfonamides is 1. The molecule has 1 aliphatic rings. The highest BCUT2D eigenvalue weighted by Gasteiger charge is 2.37. The number of benzene rings is 2. The first-order valence-electron chi connectivity index (χ1n) is 9.66. The van der Waals surface area contributed by atoms with Crippen LogP contribution < -0.4 is 14.4 Å². The van der Waals surface area contributed by atoms with Gasteiger partial charge in [-0.05, 0) is 64.8 Å². The van der Waals surface area contributed by atoms with Gasteiger partial charge in [0, 0.05) is 12.6 Å². The van der Waals surface area contributed by atoms with E-state index in [2.05, 4.69) is 4.72 Å². The number of hydrogen-bond donors (Lipinski definition) is 1. The number of fused-ring (bicyclic) bond motifs is 1. The van der Waals surface area contributed by atoms with E-state index >= 15 is 0 Å². The van der Waals surface area contributed by atoms with E-state index in [0.29, 0.717) is 34.8 Å². The van der Waals surface area contributed by atoms with Crippen molar-refractivity contribution >= 4 is 27.3 Å². The SMILES string of the molecule is CCN1C(=O)C(C)(C)COc2cc(NS(=O)(=O)c3c(C)cc(C)cc3C)ccc21. The van der Waals surface area contributed by atoms with E-state index in [-0.39, 0.29) is 17.4 Å². The van der Waals surface area contributed by atoms with Crippen LogP contribution in [0.3, 0.4) is 0 Å². The fourth-order valence-corrected chi connectivity index (χ4v) is 5.33. The van der Waals surface area contributed by atoms with Gasteiger partial charge in [-0.3, -0.25) is 9.52 Å². The van der Waals surface area contributed by atoms with Gasteiger partial charge in [-0.1, -0.05) is 17.7 Å². The lowest BCUT2D eigenvalue weighted by atomic mass is 9.93. The van der Waals surface area contributed by atoms with Gasteiger partial charge in [0.05, 0.1) is 21.7 Å². The van der Waals surface area contributed by atoms with Crippen molar-refractivity contribution in [2.45, 2.75) is 46.4 Å². The lowest BCUT2D eigenvalue weighted by Gasteiger charge is -2.26. The molecule has 0 saturated heterocycles. The first-order chi connectivity index (χ1) is 13.5. The number of anilines is 2. The van der Waals surface area contributed by atoms with Gasteiger partial charge in [-0.15, -0.1) is 0 Å². The average molecular weight is 417 g/mol. The largest absolute Gasteiger partial charge is 0.490 e. The van der Waals surface area contributed by atoms with Crippen molar-refractivity contribution in [3.8, 4) is 5.75 Å². The van der Waals surface area contributed by atoms with Crippen molar-refractivity contribution in [2.75, 3.05) is 22.8 Å². The molecule has 0 saturated carbocycles. The molecule has 3 rings (SSSR count). The Balaban J connectivity index is 1.99. The molecule has 6 nitrogen and oxygen atoms in total. The summed E-state index contributed by atoms with van der Waals surface area (Å²) >= 11 is 0. The third-order valence-electron chi connectivity index (χ3n) is 5.11. The Labute approximate surface area is 172 Å². The van der Waals surface area contributed by atoms with E-state index in [9.17, 15) is 13.2 Å². The monoisotopic (exact) mass is 416 g/mol. The van der Waals surface area contributed by atoms with Crippen LogP contribution in [0.4, 0.5) is 11.4 Å². The van der Waals surface area contributed by atoms with Crippen molar-refractivity contribution in [1.82, 2.24) is 0 Å². The molecule has 1 N–H and O–H groups in total. The van der Waals surface area contributed by atoms with E-state index in [1.807, 2.05) is 39.8 Å². The molecule has 0 radical (unpaired) electrons. The molecule has 0 aliphatic carbocycles. The van der Waals surface area contributed by atoms with Crippen LogP contribution in [0.1, 0.15) is 37.5 Å². The minimum Gasteiger partial charge on any atom is -0.490 e. The fourth-order valence-electron chi connectivity index (χ4n) is 3.82. The molecule has 2 aromatic rings. The zero-order chi connectivity index (χ0) is 21.6. The van der Waals surface area contributed by atoms with E-state index in [1.165, 1.54) is 0 Å². The Hall–Kier alpha value is -2.54. The molecule has 1 aliphatic heterocycles. The number of rotatable bonds is 4. The number of amides is 1. The Morgan fingerprint density at radius 3 is 2.31 bits per heavy atom. The van der Waals surface area contributed by atoms with E-state index in [1.54, 1.807) is 36.9 Å². The van der Waals surface area contributed by atoms with Gasteiger partial charge in [-0.25, -0.2) is 8.42 Å². The Morgan fingerprint density at radius 2 is 1.72 bits per heavy atom. The Bertz CT molecular complexity index is 1050. The summed E-state index contributed by atoms with van der Waals surface area (Å²) < 4.78 is 34.7. The maximum Gasteiger partial charge on any atom is 0.262 e. The van der Waals surface area contributed by atoms with Crippen LogP contribution in [0.2, 0.25) is 0 Å². The predicted octanol–water partition coefficient (Wildman–Crippen LogP) is 4.18. The second-order valence-corrected chi connectivity index (χ2v) is 9.86. The normalized spacial score (nSPS) is 16.1. The standard InChI is InChI=1S/C22H28N2O4S/c1-7-24-18-9-8-17(12-19(18)28-13-22(5,6)21(24)25)23-29(26,27)20-15(3)10-14(2)11-16(20)4/h8-12,23H,7,13H2,1-6H3. The van der Waals surface area contributed by atoms with Crippen molar-refractivity contribution in [3.63, 3.8) is 0 Å². The molecule has 7 heteroatoms. The average Bonchev–Trinajstić information content (AvgIpc) is 2.68. The first kappa shape index (κ1) is 21.2. The van der Waals surface area contributed by atoms with Crippen molar-refractivity contribution < 1.29 is 17.9 Å². The smallest absolute Gasteiger partial charge is 0.262 e. The van der Waals surface area contributed by atoms with Crippen molar-refractivity contribution in [1.29, 1.82) is 0 Å². The maximum absolute atomic E-state index is 13.0. The van der Waals surface area contributed by atoms with Gasteiger partial charge < -0.3 is 9.64 Å². The molecular weight excluding hydrogens is 388 g/mol. The van der Waals surface area contributed by atoms with Gasteiger partial charge >= 0.3 is 0 Å². The summed E-state index contributed by atoms with van der Waals surface area (Å²) in [5.74, 6) is 0.473. The van der Waals surface area contributed by atoms with Gasteiger partial charge in [0.1, 0.15) is 12.4 Å². The summed E-state index contributed by atoms with van der Waals surface area (Å²) in [6.45, 7) is 11.8. The van der Waals surface area contributed by atoms with Crippen LogP contribution in [0.15, 0.2) is 35.2 Å². The van der Waals surface area contributed by atoms with Crippen LogP contribution >= 0.6 is 0 Å². The molecule has 1 amide bonds. The second kappa shape index (κ2) is 7.37. The number of hydrogen-bond acceptors (Lipinski definition) is 4. The molecule has 1 heterocycles. The summed E-state index contributed by atoms with van der Waals surface area (Å²) in [5, 5.41) is 0. The summed E-state index contributed by atoms with van der Waals surface area (Å²) in [7, 11) is -3.77. The van der Waals surface area contributed by atoms with E-state index < -0.39 is 15.4 Å². The van der Waals surface area contributed by atoms with Gasteiger partial charge in [0.2, 0.25) is 5.91 Å². The van der Waals surface area contributed by atoms with Crippen molar-refractivity contribution in [3.05, 3.63) is 47.0 Å². The molecule has 0 bridgehead atoms. The van der Waals surface area contributed by atoms with Gasteiger partial charge in [0.25, 0.3) is 10.0 Å². The molecule has 156 valence electrons. The summed E-state index contributed by atoms with van der Waals surface area (Å²) in [6.07, 6.45) is 0. The topological polar surface area (TPSA) is 75.7 Å². The van der Waals surface area contributed by atoms with Crippen LogP contribution in [0, 0.1) is 26.2 Å². The van der Waals surface area contributed by atoms with E-state index in [0.717, 1.165) is 5.56 Å². The summed E-state index contributed by atoms with van der Waals surface area (Å²) in [6, 6.07) is 8.74. The molecule has 29 heavy (non-hydrogen) atoms. The van der Waals surface area contributed by atoms with Gasteiger partial charge in [0.15, 0.2) is 0 Å². The highest BCUT2D eigenvalue weighted by Crippen LogP contribution is 2.38. The number of carbonyl (C=O) groups is 1. The molecule has 0 fully saturated rings. The molecule has 0 spiro atoms. The number of aryl methyl sites for hydroxylation is 3. The molecule has 0 unspecified atom stereocenters. The zero-order valence-electron chi connectivity index (χ0n) is 17.8. The maximum atomic E-state index is 13.0. The highest BCUT2D eigenvalue weighted by atomic mass is 32.2. The van der Waals surface area contributed by atoms with Crippen LogP contribution in [0.25, 0.3) is 0 Å². The summed E-state index contributed by atoms with van der Waals surface area (Å²) in [4.78, 5) is 14.8. The van der Waals surface area contributed by atoms with E-state index in [4.69, 9.17) is 4.74 Å².